The highest BCUT2D eigenvalue weighted by Gasteiger charge is 2.36. The molecule has 160 valence electrons. The molecule has 1 N–H and O–H groups in total. The molecular formula is C24H26N4O3. The van der Waals surface area contributed by atoms with E-state index in [1.807, 2.05) is 36.4 Å². The van der Waals surface area contributed by atoms with Crippen molar-refractivity contribution in [3.63, 3.8) is 0 Å². The fraction of sp³-hybridized carbons (Fsp3) is 0.292. The molecule has 0 saturated heterocycles. The van der Waals surface area contributed by atoms with Gasteiger partial charge in [-0.15, -0.1) is 0 Å². The van der Waals surface area contributed by atoms with Crippen LogP contribution in [0.3, 0.4) is 0 Å². The van der Waals surface area contributed by atoms with Crippen LogP contribution in [-0.2, 0) is 17.8 Å². The maximum absolute atomic E-state index is 13.2. The Morgan fingerprint density at radius 1 is 1.10 bits per heavy atom. The predicted molar refractivity (Wildman–Crippen MR) is 119 cm³/mol. The van der Waals surface area contributed by atoms with Crippen molar-refractivity contribution in [1.29, 1.82) is 0 Å². The molecule has 0 aliphatic carbocycles. The van der Waals surface area contributed by atoms with E-state index in [1.54, 1.807) is 23.2 Å². The van der Waals surface area contributed by atoms with Crippen LogP contribution in [0.5, 0.6) is 0 Å². The second kappa shape index (κ2) is 9.04. The first-order valence-corrected chi connectivity index (χ1v) is 10.5. The zero-order chi connectivity index (χ0) is 21.8. The number of hydrogen-bond acceptors (Lipinski definition) is 5. The van der Waals surface area contributed by atoms with E-state index in [9.17, 15) is 9.59 Å². The van der Waals surface area contributed by atoms with Gasteiger partial charge in [0, 0.05) is 26.1 Å². The van der Waals surface area contributed by atoms with Gasteiger partial charge in [-0.05, 0) is 49.2 Å². The highest BCUT2D eigenvalue weighted by Crippen LogP contribution is 2.26. The lowest BCUT2D eigenvalue weighted by atomic mass is 9.93. The second-order valence-corrected chi connectivity index (χ2v) is 7.47. The van der Waals surface area contributed by atoms with Gasteiger partial charge in [0.05, 0.1) is 18.1 Å². The molecule has 0 spiro atoms. The molecule has 2 aromatic heterocycles. The summed E-state index contributed by atoms with van der Waals surface area (Å²) in [5.74, 6) is 0.549. The van der Waals surface area contributed by atoms with Crippen LogP contribution < -0.4 is 10.2 Å². The van der Waals surface area contributed by atoms with Gasteiger partial charge in [0.25, 0.3) is 5.91 Å². The Morgan fingerprint density at radius 2 is 1.87 bits per heavy atom. The van der Waals surface area contributed by atoms with Gasteiger partial charge in [0.2, 0.25) is 5.91 Å². The molecule has 0 bridgehead atoms. The van der Waals surface area contributed by atoms with Gasteiger partial charge in [-0.3, -0.25) is 9.59 Å². The Labute approximate surface area is 181 Å². The molecule has 1 aliphatic heterocycles. The molecule has 1 aromatic carbocycles. The van der Waals surface area contributed by atoms with E-state index in [0.29, 0.717) is 18.7 Å². The van der Waals surface area contributed by atoms with Crippen LogP contribution in [0.2, 0.25) is 0 Å². The molecule has 1 aliphatic rings. The topological polar surface area (TPSA) is 78.7 Å². The summed E-state index contributed by atoms with van der Waals surface area (Å²) < 4.78 is 5.30. The fourth-order valence-corrected chi connectivity index (χ4v) is 3.93. The normalized spacial score (nSPS) is 15.3. The third-order valence-electron chi connectivity index (χ3n) is 5.65. The maximum atomic E-state index is 13.2. The Bertz CT molecular complexity index is 1040. The largest absolute Gasteiger partial charge is 0.459 e. The molecule has 0 fully saturated rings. The number of benzene rings is 1. The van der Waals surface area contributed by atoms with Gasteiger partial charge in [0.15, 0.2) is 5.76 Å². The van der Waals surface area contributed by atoms with Gasteiger partial charge >= 0.3 is 0 Å². The summed E-state index contributed by atoms with van der Waals surface area (Å²) in [5.41, 5.74) is 2.71. The number of aromatic nitrogens is 1. The summed E-state index contributed by atoms with van der Waals surface area (Å²) >= 11 is 0. The van der Waals surface area contributed by atoms with E-state index in [0.717, 1.165) is 30.0 Å². The van der Waals surface area contributed by atoms with Crippen molar-refractivity contribution in [2.45, 2.75) is 32.9 Å². The van der Waals surface area contributed by atoms with Gasteiger partial charge in [0.1, 0.15) is 11.9 Å². The first kappa shape index (κ1) is 20.7. The molecule has 0 radical (unpaired) electrons. The minimum atomic E-state index is -0.644. The van der Waals surface area contributed by atoms with Crippen LogP contribution in [0.15, 0.2) is 65.4 Å². The Balaban J connectivity index is 1.56. The third kappa shape index (κ3) is 4.30. The molecule has 0 saturated carbocycles. The van der Waals surface area contributed by atoms with E-state index in [2.05, 4.69) is 29.0 Å². The number of hydrogen-bond donors (Lipinski definition) is 1. The average Bonchev–Trinajstić information content (AvgIpc) is 3.34. The highest BCUT2D eigenvalue weighted by molar-refractivity contribution is 6.00. The molecule has 7 nitrogen and oxygen atoms in total. The number of carbonyl (C=O) groups is 2. The number of carbonyl (C=O) groups excluding carboxylic acids is 2. The van der Waals surface area contributed by atoms with E-state index < -0.39 is 6.04 Å². The number of anilines is 2. The molecular weight excluding hydrogens is 392 g/mol. The first-order chi connectivity index (χ1) is 15.1. The zero-order valence-corrected chi connectivity index (χ0v) is 17.7. The quantitative estimate of drug-likeness (QED) is 0.660. The molecule has 4 rings (SSSR count). The summed E-state index contributed by atoms with van der Waals surface area (Å²) in [7, 11) is 0. The van der Waals surface area contributed by atoms with Crippen molar-refractivity contribution in [3.05, 3.63) is 77.9 Å². The van der Waals surface area contributed by atoms with Crippen molar-refractivity contribution < 1.29 is 14.0 Å². The smallest absolute Gasteiger partial charge is 0.290 e. The lowest BCUT2D eigenvalue weighted by Crippen LogP contribution is -2.50. The van der Waals surface area contributed by atoms with Gasteiger partial charge < -0.3 is 19.5 Å². The van der Waals surface area contributed by atoms with E-state index >= 15 is 0 Å². The number of pyridine rings is 1. The van der Waals surface area contributed by atoms with Crippen LogP contribution in [0.1, 0.15) is 35.5 Å². The van der Waals surface area contributed by atoms with Gasteiger partial charge in [-0.25, -0.2) is 4.98 Å². The zero-order valence-electron chi connectivity index (χ0n) is 17.7. The van der Waals surface area contributed by atoms with Crippen LogP contribution >= 0.6 is 0 Å². The number of nitrogens with one attached hydrogen (secondary N) is 1. The minimum absolute atomic E-state index is 0.224. The number of nitrogens with zero attached hydrogens (tertiary/aromatic N) is 3. The molecule has 3 aromatic rings. The fourth-order valence-electron chi connectivity index (χ4n) is 3.93. The van der Waals surface area contributed by atoms with Crippen LogP contribution in [0.4, 0.5) is 11.5 Å². The number of fused-ring (bicyclic) bond motifs is 1. The standard InChI is InChI=1S/C24H26N4O3/c1-3-27(4-2)22-12-11-19(15-25-22)26-23(29)20-14-17-8-5-6-9-18(17)16-28(20)24(30)21-10-7-13-31-21/h5-13,15,20H,3-4,14,16H2,1-2H3,(H,26,29). The minimum Gasteiger partial charge on any atom is -0.459 e. The lowest BCUT2D eigenvalue weighted by Gasteiger charge is -2.35. The SMILES string of the molecule is CCN(CC)c1ccc(NC(=O)C2Cc3ccccc3CN2C(=O)c2ccco2)cn1. The predicted octanol–water partition coefficient (Wildman–Crippen LogP) is 3.73. The number of amides is 2. The van der Waals surface area contributed by atoms with Crippen LogP contribution in [0, 0.1) is 0 Å². The van der Waals surface area contributed by atoms with E-state index in [1.165, 1.54) is 6.26 Å². The molecule has 31 heavy (non-hydrogen) atoms. The molecule has 1 unspecified atom stereocenters. The van der Waals surface area contributed by atoms with Crippen LogP contribution in [0.25, 0.3) is 0 Å². The molecule has 7 heteroatoms. The molecule has 1 atom stereocenters. The lowest BCUT2D eigenvalue weighted by molar-refractivity contribution is -0.121. The monoisotopic (exact) mass is 418 g/mol. The summed E-state index contributed by atoms with van der Waals surface area (Å²) in [6, 6.07) is 14.3. The maximum Gasteiger partial charge on any atom is 0.290 e. The number of furan rings is 1. The van der Waals surface area contributed by atoms with Gasteiger partial charge in [-0.2, -0.15) is 0 Å². The summed E-state index contributed by atoms with van der Waals surface area (Å²) in [6.07, 6.45) is 3.56. The summed E-state index contributed by atoms with van der Waals surface area (Å²) in [4.78, 5) is 34.5. The van der Waals surface area contributed by atoms with Crippen molar-refractivity contribution in [2.24, 2.45) is 0 Å². The van der Waals surface area contributed by atoms with Crippen molar-refractivity contribution >= 4 is 23.3 Å². The average molecular weight is 418 g/mol. The second-order valence-electron chi connectivity index (χ2n) is 7.47. The Morgan fingerprint density at radius 3 is 2.52 bits per heavy atom. The van der Waals surface area contributed by atoms with Crippen molar-refractivity contribution in [3.8, 4) is 0 Å². The van der Waals surface area contributed by atoms with E-state index in [-0.39, 0.29) is 17.6 Å². The van der Waals surface area contributed by atoms with Crippen molar-refractivity contribution in [1.82, 2.24) is 9.88 Å². The van der Waals surface area contributed by atoms with Crippen molar-refractivity contribution in [2.75, 3.05) is 23.3 Å². The molecule has 2 amide bonds. The van der Waals surface area contributed by atoms with Crippen LogP contribution in [-0.4, -0.2) is 40.8 Å². The Hall–Kier alpha value is -3.61. The van der Waals surface area contributed by atoms with Gasteiger partial charge in [-0.1, -0.05) is 24.3 Å². The summed E-state index contributed by atoms with van der Waals surface area (Å²) in [5, 5.41) is 2.93. The number of rotatable bonds is 6. The molecule has 3 heterocycles. The highest BCUT2D eigenvalue weighted by atomic mass is 16.3. The summed E-state index contributed by atoms with van der Waals surface area (Å²) in [6.45, 7) is 6.23. The Kier molecular flexibility index (Phi) is 6.02. The third-order valence-corrected chi connectivity index (χ3v) is 5.65. The van der Waals surface area contributed by atoms with E-state index in [4.69, 9.17) is 4.42 Å². The first-order valence-electron chi connectivity index (χ1n) is 10.5.